The molecule has 0 unspecified atom stereocenters. The van der Waals surface area contributed by atoms with Crippen molar-refractivity contribution in [2.45, 2.75) is 57.7 Å². The first-order chi connectivity index (χ1) is 9.19. The summed E-state index contributed by atoms with van der Waals surface area (Å²) in [6.45, 7) is 8.44. The van der Waals surface area contributed by atoms with Crippen molar-refractivity contribution >= 4 is 5.91 Å². The van der Waals surface area contributed by atoms with E-state index in [0.717, 1.165) is 12.8 Å². The number of hydrogen-bond donors (Lipinski definition) is 2. The summed E-state index contributed by atoms with van der Waals surface area (Å²) in [6.07, 6.45) is 2.96. The molecule has 4 nitrogen and oxygen atoms in total. The van der Waals surface area contributed by atoms with Gasteiger partial charge in [0, 0.05) is 23.3 Å². The van der Waals surface area contributed by atoms with Gasteiger partial charge in [-0.2, -0.15) is 4.39 Å². The highest BCUT2D eigenvalue weighted by atomic mass is 19.1. The van der Waals surface area contributed by atoms with E-state index in [1.807, 2.05) is 0 Å². The molecule has 0 saturated carbocycles. The average Bonchev–Trinajstić information content (AvgIpc) is 2.24. The molecule has 2 N–H and O–H groups in total. The molecule has 1 fully saturated rings. The van der Waals surface area contributed by atoms with Crippen molar-refractivity contribution in [3.05, 3.63) is 29.8 Å². The Morgan fingerprint density at radius 1 is 1.35 bits per heavy atom. The minimum absolute atomic E-state index is 0.00152. The predicted molar refractivity (Wildman–Crippen MR) is 76.0 cm³/mol. The van der Waals surface area contributed by atoms with Crippen LogP contribution in [0.2, 0.25) is 0 Å². The number of piperidine rings is 1. The average molecular weight is 279 g/mol. The smallest absolute Gasteiger partial charge is 0.256 e. The number of hydrogen-bond acceptors (Lipinski definition) is 3. The summed E-state index contributed by atoms with van der Waals surface area (Å²) in [5, 5.41) is 6.48. The molecule has 0 aromatic carbocycles. The monoisotopic (exact) mass is 279 g/mol. The van der Waals surface area contributed by atoms with Crippen molar-refractivity contribution < 1.29 is 9.18 Å². The molecule has 2 rings (SSSR count). The number of nitrogens with zero attached hydrogens (tertiary/aromatic N) is 1. The summed E-state index contributed by atoms with van der Waals surface area (Å²) >= 11 is 0. The van der Waals surface area contributed by atoms with Gasteiger partial charge >= 0.3 is 0 Å². The zero-order chi connectivity index (χ0) is 15.0. The standard InChI is InChI=1S/C15H22FN3O/c1-14(2)8-10(9-15(3,4)19-14)18-13(20)11-6-5-7-17-12(11)16/h5-7,10,19H,8-9H2,1-4H3,(H,18,20). The Morgan fingerprint density at radius 2 is 1.95 bits per heavy atom. The van der Waals surface area contributed by atoms with E-state index < -0.39 is 11.9 Å². The fourth-order valence-electron chi connectivity index (χ4n) is 3.24. The predicted octanol–water partition coefficient (Wildman–Crippen LogP) is 2.26. The van der Waals surface area contributed by atoms with Crippen LogP contribution in [-0.4, -0.2) is 28.0 Å². The molecule has 1 saturated heterocycles. The number of nitrogens with one attached hydrogen (secondary N) is 2. The fraction of sp³-hybridized carbons (Fsp3) is 0.600. The zero-order valence-electron chi connectivity index (χ0n) is 12.5. The number of halogens is 1. The van der Waals surface area contributed by atoms with Crippen LogP contribution in [0.4, 0.5) is 4.39 Å². The molecule has 1 aromatic rings. The normalized spacial score (nSPS) is 21.4. The van der Waals surface area contributed by atoms with Gasteiger partial charge in [0.05, 0.1) is 5.56 Å². The van der Waals surface area contributed by atoms with Gasteiger partial charge in [-0.15, -0.1) is 0 Å². The van der Waals surface area contributed by atoms with Gasteiger partial charge in [-0.05, 0) is 52.7 Å². The Hall–Kier alpha value is -1.49. The van der Waals surface area contributed by atoms with Gasteiger partial charge in [-0.25, -0.2) is 4.98 Å². The van der Waals surface area contributed by atoms with E-state index in [1.165, 1.54) is 12.3 Å². The van der Waals surface area contributed by atoms with E-state index >= 15 is 0 Å². The van der Waals surface area contributed by atoms with Gasteiger partial charge in [0.25, 0.3) is 5.91 Å². The van der Waals surface area contributed by atoms with Gasteiger partial charge in [-0.1, -0.05) is 0 Å². The minimum Gasteiger partial charge on any atom is -0.349 e. The Labute approximate surface area is 119 Å². The van der Waals surface area contributed by atoms with Gasteiger partial charge in [-0.3, -0.25) is 4.79 Å². The molecule has 20 heavy (non-hydrogen) atoms. The Balaban J connectivity index is 2.10. The first kappa shape index (κ1) is 14.9. The second-order valence-electron chi connectivity index (χ2n) is 6.81. The van der Waals surface area contributed by atoms with Crippen LogP contribution in [0.3, 0.4) is 0 Å². The molecule has 1 aliphatic heterocycles. The van der Waals surface area contributed by atoms with E-state index in [9.17, 15) is 9.18 Å². The van der Waals surface area contributed by atoms with Crippen LogP contribution in [0.15, 0.2) is 18.3 Å². The van der Waals surface area contributed by atoms with Crippen molar-refractivity contribution in [1.29, 1.82) is 0 Å². The molecular formula is C15H22FN3O. The number of carbonyl (C=O) groups excluding carboxylic acids is 1. The molecule has 0 aliphatic carbocycles. The molecule has 0 atom stereocenters. The Morgan fingerprint density at radius 3 is 2.50 bits per heavy atom. The maximum absolute atomic E-state index is 13.5. The van der Waals surface area contributed by atoms with E-state index in [-0.39, 0.29) is 22.7 Å². The van der Waals surface area contributed by atoms with Crippen LogP contribution in [-0.2, 0) is 0 Å². The molecular weight excluding hydrogens is 257 g/mol. The Kier molecular flexibility index (Phi) is 3.82. The van der Waals surface area contributed by atoms with Crippen LogP contribution in [0.25, 0.3) is 0 Å². The third kappa shape index (κ3) is 3.54. The maximum atomic E-state index is 13.5. The van der Waals surface area contributed by atoms with Crippen molar-refractivity contribution in [3.8, 4) is 0 Å². The van der Waals surface area contributed by atoms with E-state index in [1.54, 1.807) is 6.07 Å². The first-order valence-electron chi connectivity index (χ1n) is 6.89. The summed E-state index contributed by atoms with van der Waals surface area (Å²) in [4.78, 5) is 15.7. The molecule has 0 spiro atoms. The molecule has 5 heteroatoms. The number of amides is 1. The van der Waals surface area contributed by atoms with Crippen molar-refractivity contribution in [1.82, 2.24) is 15.6 Å². The fourth-order valence-corrected chi connectivity index (χ4v) is 3.24. The molecule has 2 heterocycles. The van der Waals surface area contributed by atoms with Gasteiger partial charge < -0.3 is 10.6 Å². The summed E-state index contributed by atoms with van der Waals surface area (Å²) in [6, 6.07) is 3.04. The highest BCUT2D eigenvalue weighted by Crippen LogP contribution is 2.28. The second-order valence-corrected chi connectivity index (χ2v) is 6.81. The lowest BCUT2D eigenvalue weighted by molar-refractivity contribution is 0.0868. The lowest BCUT2D eigenvalue weighted by Crippen LogP contribution is -2.62. The first-order valence-corrected chi connectivity index (χ1v) is 6.89. The number of rotatable bonds is 2. The third-order valence-electron chi connectivity index (χ3n) is 3.53. The van der Waals surface area contributed by atoms with Gasteiger partial charge in [0.2, 0.25) is 5.95 Å². The maximum Gasteiger partial charge on any atom is 0.256 e. The Bertz CT molecular complexity index is 498. The van der Waals surface area contributed by atoms with Crippen molar-refractivity contribution in [2.24, 2.45) is 0 Å². The largest absolute Gasteiger partial charge is 0.349 e. The third-order valence-corrected chi connectivity index (χ3v) is 3.53. The highest BCUT2D eigenvalue weighted by molar-refractivity contribution is 5.94. The van der Waals surface area contributed by atoms with E-state index in [4.69, 9.17) is 0 Å². The molecule has 1 aromatic heterocycles. The van der Waals surface area contributed by atoms with Crippen LogP contribution < -0.4 is 10.6 Å². The van der Waals surface area contributed by atoms with Gasteiger partial charge in [0.15, 0.2) is 0 Å². The lowest BCUT2D eigenvalue weighted by Gasteiger charge is -2.46. The van der Waals surface area contributed by atoms with Crippen LogP contribution in [0.5, 0.6) is 0 Å². The van der Waals surface area contributed by atoms with Crippen molar-refractivity contribution in [3.63, 3.8) is 0 Å². The van der Waals surface area contributed by atoms with Crippen LogP contribution in [0.1, 0.15) is 50.9 Å². The quantitative estimate of drug-likeness (QED) is 0.817. The summed E-state index contributed by atoms with van der Waals surface area (Å²) in [5.41, 5.74) is -0.123. The second kappa shape index (κ2) is 5.13. The SMILES string of the molecule is CC1(C)CC(NC(=O)c2cccnc2F)CC(C)(C)N1. The molecule has 110 valence electrons. The molecule has 0 bridgehead atoms. The van der Waals surface area contributed by atoms with E-state index in [0.29, 0.717) is 0 Å². The number of carbonyl (C=O) groups is 1. The number of pyridine rings is 1. The van der Waals surface area contributed by atoms with Crippen molar-refractivity contribution in [2.75, 3.05) is 0 Å². The molecule has 1 aliphatic rings. The molecule has 1 amide bonds. The minimum atomic E-state index is -0.725. The summed E-state index contributed by atoms with van der Waals surface area (Å²) < 4.78 is 13.5. The molecule has 0 radical (unpaired) electrons. The zero-order valence-corrected chi connectivity index (χ0v) is 12.5. The summed E-state index contributed by atoms with van der Waals surface area (Å²) in [7, 11) is 0. The topological polar surface area (TPSA) is 54.0 Å². The lowest BCUT2D eigenvalue weighted by atomic mass is 9.79. The van der Waals surface area contributed by atoms with E-state index in [2.05, 4.69) is 43.3 Å². The summed E-state index contributed by atoms with van der Waals surface area (Å²) in [5.74, 6) is -1.12. The highest BCUT2D eigenvalue weighted by Gasteiger charge is 2.38. The van der Waals surface area contributed by atoms with Gasteiger partial charge in [0.1, 0.15) is 0 Å². The van der Waals surface area contributed by atoms with Crippen LogP contribution >= 0.6 is 0 Å². The number of aromatic nitrogens is 1. The van der Waals surface area contributed by atoms with Crippen LogP contribution in [0, 0.1) is 5.95 Å².